The Morgan fingerprint density at radius 1 is 1.14 bits per heavy atom. The summed E-state index contributed by atoms with van der Waals surface area (Å²) in [5, 5.41) is 6.67. The number of carbonyl (C=O) groups is 2. The summed E-state index contributed by atoms with van der Waals surface area (Å²) >= 11 is 6.29. The number of H-pyrrole nitrogens is 1. The van der Waals surface area contributed by atoms with Crippen molar-refractivity contribution in [3.8, 4) is 11.5 Å². The smallest absolute Gasteiger partial charge is 0.323 e. The van der Waals surface area contributed by atoms with Crippen molar-refractivity contribution in [2.75, 3.05) is 29.3 Å². The zero-order valence-electron chi connectivity index (χ0n) is 18.5. The van der Waals surface area contributed by atoms with Gasteiger partial charge in [-0.15, -0.1) is 0 Å². The number of hydrogen-bond donors (Lipinski definition) is 3. The zero-order valence-corrected chi connectivity index (χ0v) is 19.3. The van der Waals surface area contributed by atoms with Crippen LogP contribution in [0.2, 0.25) is 5.02 Å². The van der Waals surface area contributed by atoms with Crippen molar-refractivity contribution in [1.29, 1.82) is 0 Å². The van der Waals surface area contributed by atoms with Crippen LogP contribution in [0.4, 0.5) is 26.2 Å². The number of anilines is 3. The maximum absolute atomic E-state index is 14.5. The first-order valence-corrected chi connectivity index (χ1v) is 11.0. The van der Waals surface area contributed by atoms with Gasteiger partial charge in [0, 0.05) is 34.7 Å². The Morgan fingerprint density at radius 2 is 1.91 bits per heavy atom. The topological polar surface area (TPSA) is 95.7 Å². The van der Waals surface area contributed by atoms with Gasteiger partial charge in [0.05, 0.1) is 24.4 Å². The quantitative estimate of drug-likeness (QED) is 0.339. The van der Waals surface area contributed by atoms with E-state index in [0.29, 0.717) is 28.6 Å². The Morgan fingerprint density at radius 3 is 2.71 bits per heavy atom. The number of carbonyl (C=O) groups excluding carboxylic acids is 2. The molecule has 3 amide bonds. The minimum atomic E-state index is -0.552. The first-order chi connectivity index (χ1) is 16.9. The molecule has 0 bridgehead atoms. The fraction of sp³-hybridized carbons (Fsp3) is 0.120. The van der Waals surface area contributed by atoms with E-state index in [2.05, 4.69) is 15.6 Å². The third-order valence-corrected chi connectivity index (χ3v) is 6.07. The number of amides is 3. The van der Waals surface area contributed by atoms with Gasteiger partial charge in [-0.05, 0) is 47.9 Å². The number of benzene rings is 3. The van der Waals surface area contributed by atoms with Crippen molar-refractivity contribution in [3.05, 3.63) is 77.2 Å². The second-order valence-corrected chi connectivity index (χ2v) is 8.23. The van der Waals surface area contributed by atoms with Gasteiger partial charge in [-0.1, -0.05) is 17.7 Å². The van der Waals surface area contributed by atoms with Crippen LogP contribution in [0.15, 0.2) is 60.8 Å². The van der Waals surface area contributed by atoms with E-state index in [1.54, 1.807) is 24.3 Å². The van der Waals surface area contributed by atoms with Crippen molar-refractivity contribution in [2.45, 2.75) is 6.54 Å². The van der Waals surface area contributed by atoms with E-state index >= 15 is 0 Å². The van der Waals surface area contributed by atoms with E-state index in [9.17, 15) is 14.0 Å². The molecule has 0 atom stereocenters. The molecule has 0 aliphatic carbocycles. The highest BCUT2D eigenvalue weighted by Gasteiger charge is 2.28. The number of hydrogen-bond acceptors (Lipinski definition) is 4. The van der Waals surface area contributed by atoms with Crippen LogP contribution in [0.25, 0.3) is 10.9 Å². The van der Waals surface area contributed by atoms with Crippen molar-refractivity contribution in [3.63, 3.8) is 0 Å². The van der Waals surface area contributed by atoms with Gasteiger partial charge in [0.2, 0.25) is 0 Å². The van der Waals surface area contributed by atoms with E-state index in [0.717, 1.165) is 10.9 Å². The van der Waals surface area contributed by atoms with Gasteiger partial charge in [0.1, 0.15) is 17.3 Å². The lowest BCUT2D eigenvalue weighted by Gasteiger charge is -2.30. The monoisotopic (exact) mass is 494 g/mol. The van der Waals surface area contributed by atoms with Gasteiger partial charge in [-0.2, -0.15) is 0 Å². The first-order valence-electron chi connectivity index (χ1n) is 10.7. The second kappa shape index (κ2) is 9.19. The molecule has 0 radical (unpaired) electrons. The largest absolute Gasteiger partial charge is 0.495 e. The van der Waals surface area contributed by atoms with Crippen molar-refractivity contribution in [1.82, 2.24) is 4.98 Å². The predicted octanol–water partition coefficient (Wildman–Crippen LogP) is 5.54. The Kier molecular flexibility index (Phi) is 5.92. The lowest BCUT2D eigenvalue weighted by atomic mass is 10.1. The highest BCUT2D eigenvalue weighted by Crippen LogP contribution is 2.38. The van der Waals surface area contributed by atoms with E-state index in [4.69, 9.17) is 21.1 Å². The number of methoxy groups -OCH3 is 1. The molecular weight excluding hydrogens is 475 g/mol. The molecule has 1 aromatic heterocycles. The molecule has 5 rings (SSSR count). The van der Waals surface area contributed by atoms with E-state index in [1.807, 2.05) is 24.4 Å². The minimum Gasteiger partial charge on any atom is -0.495 e. The van der Waals surface area contributed by atoms with Gasteiger partial charge >= 0.3 is 6.03 Å². The summed E-state index contributed by atoms with van der Waals surface area (Å²) in [6, 6.07) is 14.6. The second-order valence-electron chi connectivity index (χ2n) is 7.85. The van der Waals surface area contributed by atoms with E-state index in [-0.39, 0.29) is 29.6 Å². The summed E-state index contributed by atoms with van der Waals surface area (Å²) in [7, 11) is 1.43. The van der Waals surface area contributed by atoms with Crippen LogP contribution in [-0.4, -0.2) is 30.6 Å². The normalized spacial score (nSPS) is 12.8. The number of halogens is 2. The molecule has 0 saturated heterocycles. The average molecular weight is 495 g/mol. The third-order valence-electron chi connectivity index (χ3n) is 5.66. The molecule has 2 heterocycles. The van der Waals surface area contributed by atoms with Gasteiger partial charge in [-0.25, -0.2) is 9.18 Å². The van der Waals surface area contributed by atoms with Gasteiger partial charge in [0.15, 0.2) is 6.61 Å². The number of aromatic nitrogens is 1. The molecule has 1 aliphatic rings. The van der Waals surface area contributed by atoms with Crippen molar-refractivity contribution in [2.24, 2.45) is 0 Å². The average Bonchev–Trinajstić information content (AvgIpc) is 3.31. The van der Waals surface area contributed by atoms with Gasteiger partial charge in [0.25, 0.3) is 5.91 Å². The number of aromatic amines is 1. The summed E-state index contributed by atoms with van der Waals surface area (Å²) in [6.07, 6.45) is 1.83. The highest BCUT2D eigenvalue weighted by molar-refractivity contribution is 6.33. The van der Waals surface area contributed by atoms with Crippen LogP contribution in [0.5, 0.6) is 11.5 Å². The fourth-order valence-corrected chi connectivity index (χ4v) is 4.20. The predicted molar refractivity (Wildman–Crippen MR) is 132 cm³/mol. The maximum atomic E-state index is 14.5. The lowest BCUT2D eigenvalue weighted by molar-refractivity contribution is -0.121. The maximum Gasteiger partial charge on any atom is 0.323 e. The molecule has 1 aliphatic heterocycles. The van der Waals surface area contributed by atoms with Crippen LogP contribution in [0, 0.1) is 5.82 Å². The summed E-state index contributed by atoms with van der Waals surface area (Å²) < 4.78 is 25.2. The highest BCUT2D eigenvalue weighted by atomic mass is 35.5. The number of fused-ring (bicyclic) bond motifs is 2. The van der Waals surface area contributed by atoms with Crippen LogP contribution < -0.4 is 25.0 Å². The Bertz CT molecular complexity index is 1450. The lowest BCUT2D eigenvalue weighted by Crippen LogP contribution is -2.38. The Hall–Kier alpha value is -4.24. The van der Waals surface area contributed by atoms with E-state index < -0.39 is 11.8 Å². The number of nitrogens with zero attached hydrogens (tertiary/aromatic N) is 1. The molecule has 10 heteroatoms. The van der Waals surface area contributed by atoms with Gasteiger partial charge in [-0.3, -0.25) is 4.79 Å². The molecule has 0 spiro atoms. The van der Waals surface area contributed by atoms with E-state index in [1.165, 1.54) is 24.1 Å². The molecule has 4 aromatic rings. The molecule has 178 valence electrons. The number of rotatable bonds is 5. The molecule has 35 heavy (non-hydrogen) atoms. The van der Waals surface area contributed by atoms with Crippen LogP contribution in [0.1, 0.15) is 5.56 Å². The van der Waals surface area contributed by atoms with Crippen molar-refractivity contribution < 1.29 is 23.5 Å². The van der Waals surface area contributed by atoms with Crippen LogP contribution in [0.3, 0.4) is 0 Å². The summed E-state index contributed by atoms with van der Waals surface area (Å²) in [6.45, 7) is -0.340. The summed E-state index contributed by atoms with van der Waals surface area (Å²) in [5.41, 5.74) is 2.56. The number of urea groups is 1. The fourth-order valence-electron chi connectivity index (χ4n) is 3.91. The molecule has 0 unspecified atom stereocenters. The zero-order chi connectivity index (χ0) is 24.5. The number of nitrogens with one attached hydrogen (secondary N) is 3. The van der Waals surface area contributed by atoms with Crippen molar-refractivity contribution >= 4 is 51.5 Å². The standard InChI is InChI=1S/C25H20ClFN4O4/c1-34-21-7-5-18(27)17(24(21)26)12-31-20-6-4-16(11-22(20)35-13-23(31)32)30-25(33)29-15-3-2-14-8-9-28-19(14)10-15/h2-11,28H,12-13H2,1H3,(H2,29,30,33). The molecule has 3 N–H and O–H groups in total. The number of ether oxygens (including phenoxy) is 2. The molecular formula is C25H20ClFN4O4. The first kappa shape index (κ1) is 22.5. The summed E-state index contributed by atoms with van der Waals surface area (Å²) in [5.74, 6) is -0.224. The van der Waals surface area contributed by atoms with Gasteiger partial charge < -0.3 is 30.0 Å². The van der Waals surface area contributed by atoms with Crippen LogP contribution in [-0.2, 0) is 11.3 Å². The molecule has 0 fully saturated rings. The Labute approximate surface area is 204 Å². The molecule has 3 aromatic carbocycles. The summed E-state index contributed by atoms with van der Waals surface area (Å²) in [4.78, 5) is 29.6. The third kappa shape index (κ3) is 4.45. The van der Waals surface area contributed by atoms with Crippen LogP contribution >= 0.6 is 11.6 Å². The minimum absolute atomic E-state index is 0.0980. The molecule has 8 nitrogen and oxygen atoms in total. The SMILES string of the molecule is COc1ccc(F)c(CN2C(=O)COc3cc(NC(=O)Nc4ccc5cc[nH]c5c4)ccc32)c1Cl. The Balaban J connectivity index is 1.34. The molecule has 0 saturated carbocycles.